The molecule has 0 spiro atoms. The first-order valence-corrected chi connectivity index (χ1v) is 8.63. The number of carbonyl (C=O) groups excluding carboxylic acids is 1. The van der Waals surface area contributed by atoms with Crippen LogP contribution in [-0.2, 0) is 10.8 Å². The summed E-state index contributed by atoms with van der Waals surface area (Å²) in [7, 11) is 3.11. The molecular formula is C12H21N3O2S2. The highest BCUT2D eigenvalue weighted by Crippen LogP contribution is 2.22. The number of rotatable bonds is 7. The molecule has 0 unspecified atom stereocenters. The lowest BCUT2D eigenvalue weighted by molar-refractivity contribution is 0.234. The number of hydrogen-bond donors (Lipinski definition) is 2. The van der Waals surface area contributed by atoms with E-state index in [9.17, 15) is 9.00 Å². The van der Waals surface area contributed by atoms with Gasteiger partial charge in [0.05, 0.1) is 6.04 Å². The van der Waals surface area contributed by atoms with Crippen molar-refractivity contribution in [2.75, 3.05) is 39.2 Å². The number of nitrogens with one attached hydrogen (secondary N) is 2. The Bertz CT molecular complexity index is 407. The van der Waals surface area contributed by atoms with E-state index in [0.717, 1.165) is 0 Å². The number of carbonyl (C=O) groups is 1. The van der Waals surface area contributed by atoms with Crippen molar-refractivity contribution in [1.29, 1.82) is 0 Å². The van der Waals surface area contributed by atoms with E-state index in [1.54, 1.807) is 17.6 Å². The van der Waals surface area contributed by atoms with Gasteiger partial charge in [0.25, 0.3) is 0 Å². The molecule has 1 rings (SSSR count). The Balaban J connectivity index is 2.36. The molecule has 2 amide bonds. The second kappa shape index (κ2) is 8.29. The lowest BCUT2D eigenvalue weighted by Crippen LogP contribution is -2.41. The molecule has 0 radical (unpaired) electrons. The molecular weight excluding hydrogens is 282 g/mol. The summed E-state index contributed by atoms with van der Waals surface area (Å²) in [5.41, 5.74) is 0. The third-order valence-electron chi connectivity index (χ3n) is 2.63. The topological polar surface area (TPSA) is 61.4 Å². The number of hydrogen-bond acceptors (Lipinski definition) is 4. The van der Waals surface area contributed by atoms with Crippen LogP contribution in [0.4, 0.5) is 4.79 Å². The second-order valence-electron chi connectivity index (χ2n) is 4.41. The Morgan fingerprint density at radius 1 is 1.47 bits per heavy atom. The minimum absolute atomic E-state index is 0.172. The second-order valence-corrected chi connectivity index (χ2v) is 6.94. The van der Waals surface area contributed by atoms with Gasteiger partial charge in [-0.05, 0) is 25.5 Å². The molecule has 0 saturated heterocycles. The molecule has 0 saturated carbocycles. The highest BCUT2D eigenvalue weighted by atomic mass is 32.2. The van der Waals surface area contributed by atoms with Gasteiger partial charge < -0.3 is 15.5 Å². The SMILES string of the molecule is CN(C)[C@H](CNC(=O)NCC[S@@](C)=O)c1cccs1. The van der Waals surface area contributed by atoms with Crippen LogP contribution in [0.15, 0.2) is 17.5 Å². The van der Waals surface area contributed by atoms with Crippen molar-refractivity contribution >= 4 is 28.2 Å². The third kappa shape index (κ3) is 6.17. The van der Waals surface area contributed by atoms with Crippen molar-refractivity contribution in [2.24, 2.45) is 0 Å². The highest BCUT2D eigenvalue weighted by molar-refractivity contribution is 7.84. The maximum Gasteiger partial charge on any atom is 0.314 e. The summed E-state index contributed by atoms with van der Waals surface area (Å²) >= 11 is 1.68. The van der Waals surface area contributed by atoms with Crippen LogP contribution < -0.4 is 10.6 Å². The molecule has 0 aromatic carbocycles. The molecule has 2 N–H and O–H groups in total. The summed E-state index contributed by atoms with van der Waals surface area (Å²) < 4.78 is 10.9. The van der Waals surface area contributed by atoms with Crippen LogP contribution in [0, 0.1) is 0 Å². The number of likely N-dealkylation sites (N-methyl/N-ethyl adjacent to an activating group) is 1. The summed E-state index contributed by atoms with van der Waals surface area (Å²) in [5.74, 6) is 0.482. The predicted molar refractivity (Wildman–Crippen MR) is 81.1 cm³/mol. The van der Waals surface area contributed by atoms with Crippen LogP contribution in [0.3, 0.4) is 0 Å². The minimum Gasteiger partial charge on any atom is -0.337 e. The van der Waals surface area contributed by atoms with Gasteiger partial charge in [0.2, 0.25) is 0 Å². The first-order chi connectivity index (χ1) is 9.00. The van der Waals surface area contributed by atoms with E-state index in [0.29, 0.717) is 18.8 Å². The Hall–Kier alpha value is -0.920. The zero-order valence-electron chi connectivity index (χ0n) is 11.5. The fraction of sp³-hybridized carbons (Fsp3) is 0.583. The zero-order valence-corrected chi connectivity index (χ0v) is 13.1. The average molecular weight is 303 g/mol. The van der Waals surface area contributed by atoms with Crippen LogP contribution in [0.5, 0.6) is 0 Å². The van der Waals surface area contributed by atoms with E-state index < -0.39 is 10.8 Å². The summed E-state index contributed by atoms with van der Waals surface area (Å²) in [5, 5.41) is 7.57. The van der Waals surface area contributed by atoms with Gasteiger partial charge in [0.15, 0.2) is 0 Å². The minimum atomic E-state index is -0.875. The van der Waals surface area contributed by atoms with E-state index in [1.807, 2.05) is 25.5 Å². The molecule has 2 atom stereocenters. The van der Waals surface area contributed by atoms with Crippen molar-refractivity contribution in [1.82, 2.24) is 15.5 Å². The van der Waals surface area contributed by atoms with E-state index in [2.05, 4.69) is 21.6 Å². The van der Waals surface area contributed by atoms with Gasteiger partial charge in [-0.1, -0.05) is 6.07 Å². The van der Waals surface area contributed by atoms with Crippen molar-refractivity contribution < 1.29 is 9.00 Å². The average Bonchev–Trinajstić information content (AvgIpc) is 2.82. The number of nitrogens with zero attached hydrogens (tertiary/aromatic N) is 1. The maximum atomic E-state index is 11.6. The van der Waals surface area contributed by atoms with Crippen molar-refractivity contribution in [2.45, 2.75) is 6.04 Å². The lowest BCUT2D eigenvalue weighted by atomic mass is 10.2. The highest BCUT2D eigenvalue weighted by Gasteiger charge is 2.15. The smallest absolute Gasteiger partial charge is 0.314 e. The van der Waals surface area contributed by atoms with Crippen molar-refractivity contribution in [3.8, 4) is 0 Å². The van der Waals surface area contributed by atoms with Gasteiger partial charge in [-0.15, -0.1) is 11.3 Å². The molecule has 1 heterocycles. The van der Waals surface area contributed by atoms with E-state index in [-0.39, 0.29) is 12.1 Å². The molecule has 19 heavy (non-hydrogen) atoms. The Morgan fingerprint density at radius 2 is 2.21 bits per heavy atom. The molecule has 0 fully saturated rings. The summed E-state index contributed by atoms with van der Waals surface area (Å²) in [4.78, 5) is 14.9. The Kier molecular flexibility index (Phi) is 7.04. The van der Waals surface area contributed by atoms with E-state index in [1.165, 1.54) is 4.88 Å². The van der Waals surface area contributed by atoms with Crippen LogP contribution >= 0.6 is 11.3 Å². The van der Waals surface area contributed by atoms with Crippen molar-refractivity contribution in [3.63, 3.8) is 0 Å². The van der Waals surface area contributed by atoms with E-state index >= 15 is 0 Å². The predicted octanol–water partition coefficient (Wildman–Crippen LogP) is 1.03. The lowest BCUT2D eigenvalue weighted by Gasteiger charge is -2.23. The van der Waals surface area contributed by atoms with Crippen LogP contribution in [0.25, 0.3) is 0 Å². The van der Waals surface area contributed by atoms with Gasteiger partial charge in [-0.25, -0.2) is 4.79 Å². The fourth-order valence-corrected chi connectivity index (χ4v) is 2.89. The van der Waals surface area contributed by atoms with E-state index in [4.69, 9.17) is 0 Å². The Labute approximate surface area is 120 Å². The molecule has 1 aromatic rings. The molecule has 7 heteroatoms. The van der Waals surface area contributed by atoms with Crippen LogP contribution in [0.2, 0.25) is 0 Å². The molecule has 0 aliphatic rings. The largest absolute Gasteiger partial charge is 0.337 e. The molecule has 1 aromatic heterocycles. The first kappa shape index (κ1) is 16.1. The van der Waals surface area contributed by atoms with Crippen LogP contribution in [-0.4, -0.2) is 54.3 Å². The Morgan fingerprint density at radius 3 is 2.74 bits per heavy atom. The van der Waals surface area contributed by atoms with Crippen molar-refractivity contribution in [3.05, 3.63) is 22.4 Å². The van der Waals surface area contributed by atoms with Crippen LogP contribution in [0.1, 0.15) is 10.9 Å². The quantitative estimate of drug-likeness (QED) is 0.791. The fourth-order valence-electron chi connectivity index (χ4n) is 1.58. The third-order valence-corrected chi connectivity index (χ3v) is 4.38. The monoisotopic (exact) mass is 303 g/mol. The normalized spacial score (nSPS) is 14.1. The maximum absolute atomic E-state index is 11.6. The number of amides is 2. The first-order valence-electron chi connectivity index (χ1n) is 6.02. The standard InChI is InChI=1S/C12H21N3O2S2/c1-15(2)10(11-5-4-7-18-11)9-14-12(16)13-6-8-19(3)17/h4-5,7,10H,6,8-9H2,1-3H3,(H2,13,14,16)/t10-,19-/m1/s1. The molecule has 5 nitrogen and oxygen atoms in total. The number of urea groups is 1. The molecule has 0 aliphatic heterocycles. The van der Waals surface area contributed by atoms with Gasteiger partial charge in [-0.2, -0.15) is 0 Å². The van der Waals surface area contributed by atoms with Gasteiger partial charge >= 0.3 is 6.03 Å². The van der Waals surface area contributed by atoms with Gasteiger partial charge in [0, 0.05) is 40.8 Å². The molecule has 0 bridgehead atoms. The molecule has 0 aliphatic carbocycles. The summed E-state index contributed by atoms with van der Waals surface area (Å²) in [6.45, 7) is 0.981. The summed E-state index contributed by atoms with van der Waals surface area (Å²) in [6, 6.07) is 4.03. The van der Waals surface area contributed by atoms with Gasteiger partial charge in [0.1, 0.15) is 0 Å². The van der Waals surface area contributed by atoms with Gasteiger partial charge in [-0.3, -0.25) is 4.21 Å². The summed E-state index contributed by atoms with van der Waals surface area (Å²) in [6.07, 6.45) is 1.62. The number of thiophene rings is 1. The molecule has 108 valence electrons. The zero-order chi connectivity index (χ0) is 14.3.